The van der Waals surface area contributed by atoms with Crippen molar-refractivity contribution < 1.29 is 9.90 Å². The molecular formula is C36H28N2O2. The average molecular weight is 521 g/mol. The Balaban J connectivity index is 1.46. The summed E-state index contributed by atoms with van der Waals surface area (Å²) in [5.41, 5.74) is 11.0. The van der Waals surface area contributed by atoms with Crippen LogP contribution in [0.1, 0.15) is 34.9 Å². The predicted octanol–water partition coefficient (Wildman–Crippen LogP) is 6.97. The fourth-order valence-electron chi connectivity index (χ4n) is 6.27. The number of aryl methyl sites for hydroxylation is 2. The summed E-state index contributed by atoms with van der Waals surface area (Å²) >= 11 is 0. The number of benzene rings is 4. The highest BCUT2D eigenvalue weighted by Gasteiger charge is 2.41. The first-order valence-electron chi connectivity index (χ1n) is 13.5. The van der Waals surface area contributed by atoms with E-state index in [1.165, 1.54) is 11.1 Å². The standard InChI is InChI=1S/C36H28N2O2/c1-21-13-17-25(18-14-21)37-23(3)31(27-9-5-7-11-29(27)37)33-35(39)34(36(33)40)32-24(4)38(26-19-15-22(2)16-20-26)30-12-8-6-10-28(30)32/h5-20H,1-4H3. The van der Waals surface area contributed by atoms with Crippen LogP contribution >= 0.6 is 0 Å². The molecule has 2 heterocycles. The highest BCUT2D eigenvalue weighted by molar-refractivity contribution is 6.47. The fourth-order valence-corrected chi connectivity index (χ4v) is 6.27. The van der Waals surface area contributed by atoms with Crippen molar-refractivity contribution in [3.8, 4) is 5.69 Å². The molecule has 2 aliphatic rings. The van der Waals surface area contributed by atoms with Crippen molar-refractivity contribution in [1.82, 2.24) is 9.14 Å². The quantitative estimate of drug-likeness (QED) is 0.190. The molecule has 0 bridgehead atoms. The van der Waals surface area contributed by atoms with Gasteiger partial charge < -0.3 is 9.67 Å². The van der Waals surface area contributed by atoms with Gasteiger partial charge in [0.25, 0.3) is 0 Å². The van der Waals surface area contributed by atoms with Gasteiger partial charge in [-0.15, -0.1) is 0 Å². The monoisotopic (exact) mass is 520 g/mol. The van der Waals surface area contributed by atoms with Gasteiger partial charge in [0, 0.05) is 58.6 Å². The molecule has 0 atom stereocenters. The minimum atomic E-state index is -0.185. The zero-order valence-electron chi connectivity index (χ0n) is 22.9. The molecule has 5 aromatic rings. The number of carbonyl (C=O) groups excluding carboxylic acids is 1. The van der Waals surface area contributed by atoms with Crippen LogP contribution in [0.25, 0.3) is 27.7 Å². The summed E-state index contributed by atoms with van der Waals surface area (Å²) in [5, 5.41) is 14.9. The number of nitrogens with zero attached hydrogens (tertiary/aromatic N) is 2. The lowest BCUT2D eigenvalue weighted by Crippen LogP contribution is -2.31. The van der Waals surface area contributed by atoms with Crippen molar-refractivity contribution in [2.24, 2.45) is 0 Å². The third-order valence-electron chi connectivity index (χ3n) is 8.22. The summed E-state index contributed by atoms with van der Waals surface area (Å²) in [6, 6.07) is 32.6. The molecule has 0 unspecified atom stereocenters. The number of hydrogen-bond acceptors (Lipinski definition) is 2. The van der Waals surface area contributed by atoms with Crippen LogP contribution in [0.3, 0.4) is 0 Å². The minimum absolute atomic E-state index is 0.185. The maximum Gasteiger partial charge on any atom is 0.219 e. The van der Waals surface area contributed by atoms with E-state index in [1.54, 1.807) is 0 Å². The van der Waals surface area contributed by atoms with E-state index < -0.39 is 0 Å². The number of fused-ring (bicyclic) bond motifs is 2. The molecule has 0 radical (unpaired) electrons. The van der Waals surface area contributed by atoms with Gasteiger partial charge in [-0.2, -0.15) is 4.58 Å². The van der Waals surface area contributed by atoms with Crippen molar-refractivity contribution in [3.63, 3.8) is 0 Å². The second-order valence-corrected chi connectivity index (χ2v) is 10.7. The molecule has 1 aliphatic carbocycles. The number of carbonyl (C=O) groups is 1. The van der Waals surface area contributed by atoms with Gasteiger partial charge in [0.1, 0.15) is 0 Å². The SMILES string of the molecule is CC1=[N+](c2ccc(C)cc2)c2ccccc2/C1=C1\C(=O)C(c2c(C)n(-c3ccc(C)cc3)c3ccccc23)=C1[O-]. The van der Waals surface area contributed by atoms with Gasteiger partial charge in [-0.05, 0) is 45.0 Å². The largest absolute Gasteiger partial charge is 0.871 e. The number of rotatable bonds is 3. The number of allylic oxidation sites excluding steroid dienone is 3. The van der Waals surface area contributed by atoms with Crippen LogP contribution in [-0.2, 0) is 4.79 Å². The van der Waals surface area contributed by atoms with E-state index in [0.29, 0.717) is 0 Å². The summed E-state index contributed by atoms with van der Waals surface area (Å²) in [7, 11) is 0. The summed E-state index contributed by atoms with van der Waals surface area (Å²) in [4.78, 5) is 14.0. The molecule has 0 N–H and O–H groups in total. The first kappa shape index (κ1) is 24.1. The Labute approximate surface area is 233 Å². The van der Waals surface area contributed by atoms with Crippen LogP contribution in [0, 0.1) is 20.8 Å². The molecule has 7 rings (SSSR count). The van der Waals surface area contributed by atoms with E-state index in [0.717, 1.165) is 56.1 Å². The summed E-state index contributed by atoms with van der Waals surface area (Å²) in [6.45, 7) is 8.11. The first-order chi connectivity index (χ1) is 19.4. The van der Waals surface area contributed by atoms with Crippen molar-refractivity contribution in [2.75, 3.05) is 0 Å². The van der Waals surface area contributed by atoms with Gasteiger partial charge in [-0.1, -0.05) is 71.5 Å². The third-order valence-corrected chi connectivity index (χ3v) is 8.22. The number of hydrogen-bond donors (Lipinski definition) is 0. The maximum absolute atomic E-state index is 14.0. The molecule has 194 valence electrons. The van der Waals surface area contributed by atoms with Crippen LogP contribution in [0.4, 0.5) is 11.4 Å². The van der Waals surface area contributed by atoms with E-state index in [1.807, 2.05) is 62.4 Å². The molecule has 1 aromatic heterocycles. The molecule has 1 aliphatic heterocycles. The average Bonchev–Trinajstić information content (AvgIpc) is 3.41. The normalized spacial score (nSPS) is 16.6. The number of ketones is 1. The lowest BCUT2D eigenvalue weighted by Gasteiger charge is -2.32. The maximum atomic E-state index is 14.0. The summed E-state index contributed by atoms with van der Waals surface area (Å²) in [5.74, 6) is -0.371. The Morgan fingerprint density at radius 3 is 2.00 bits per heavy atom. The molecule has 0 saturated carbocycles. The van der Waals surface area contributed by atoms with Crippen molar-refractivity contribution in [3.05, 3.63) is 136 Å². The zero-order valence-corrected chi connectivity index (χ0v) is 22.9. The van der Waals surface area contributed by atoms with E-state index in [9.17, 15) is 9.90 Å². The molecule has 0 saturated heterocycles. The molecule has 0 fully saturated rings. The fraction of sp³-hybridized carbons (Fsp3) is 0.111. The van der Waals surface area contributed by atoms with Crippen molar-refractivity contribution >= 4 is 44.9 Å². The molecule has 4 aromatic carbocycles. The third kappa shape index (κ3) is 3.32. The predicted molar refractivity (Wildman–Crippen MR) is 161 cm³/mol. The Hall–Kier alpha value is -4.96. The van der Waals surface area contributed by atoms with Gasteiger partial charge in [0.05, 0.1) is 16.7 Å². The van der Waals surface area contributed by atoms with Gasteiger partial charge in [-0.3, -0.25) is 4.79 Å². The molecule has 0 spiro atoms. The Morgan fingerprint density at radius 2 is 1.30 bits per heavy atom. The van der Waals surface area contributed by atoms with Crippen molar-refractivity contribution in [2.45, 2.75) is 27.7 Å². The van der Waals surface area contributed by atoms with E-state index in [4.69, 9.17) is 0 Å². The van der Waals surface area contributed by atoms with Crippen molar-refractivity contribution in [1.29, 1.82) is 0 Å². The molecule has 0 amide bonds. The van der Waals surface area contributed by atoms with Gasteiger partial charge in [0.2, 0.25) is 11.4 Å². The topological polar surface area (TPSA) is 48.1 Å². The molecule has 4 heteroatoms. The number of aromatic nitrogens is 1. The van der Waals surface area contributed by atoms with Gasteiger partial charge in [0.15, 0.2) is 11.5 Å². The van der Waals surface area contributed by atoms with Crippen LogP contribution in [0.2, 0.25) is 0 Å². The van der Waals surface area contributed by atoms with E-state index in [2.05, 4.69) is 71.5 Å². The van der Waals surface area contributed by atoms with E-state index in [-0.39, 0.29) is 22.7 Å². The number of para-hydroxylation sites is 2. The van der Waals surface area contributed by atoms with Gasteiger partial charge in [-0.25, -0.2) is 0 Å². The summed E-state index contributed by atoms with van der Waals surface area (Å²) in [6.07, 6.45) is 0. The van der Waals surface area contributed by atoms with Crippen LogP contribution < -0.4 is 9.68 Å². The smallest absolute Gasteiger partial charge is 0.219 e. The lowest BCUT2D eigenvalue weighted by atomic mass is 9.78. The van der Waals surface area contributed by atoms with Crippen LogP contribution in [0.5, 0.6) is 0 Å². The Morgan fingerprint density at radius 1 is 0.675 bits per heavy atom. The van der Waals surface area contributed by atoms with Crippen LogP contribution in [0.15, 0.2) is 108 Å². The van der Waals surface area contributed by atoms with E-state index >= 15 is 0 Å². The zero-order chi connectivity index (χ0) is 27.7. The highest BCUT2D eigenvalue weighted by Crippen LogP contribution is 2.47. The van der Waals surface area contributed by atoms with Crippen LogP contribution in [-0.4, -0.2) is 16.1 Å². The Kier molecular flexibility index (Phi) is 5.29. The summed E-state index contributed by atoms with van der Waals surface area (Å²) < 4.78 is 4.29. The molecular weight excluding hydrogens is 492 g/mol. The molecule has 40 heavy (non-hydrogen) atoms. The lowest BCUT2D eigenvalue weighted by molar-refractivity contribution is -0.297. The number of Topliss-reactive ketones (excluding diaryl/α,β-unsaturated/α-hetero) is 1. The first-order valence-corrected chi connectivity index (χ1v) is 13.5. The second-order valence-electron chi connectivity index (χ2n) is 10.7. The second kappa shape index (κ2) is 8.78. The Bertz CT molecular complexity index is 1980. The van der Waals surface area contributed by atoms with Gasteiger partial charge >= 0.3 is 0 Å². The minimum Gasteiger partial charge on any atom is -0.871 e. The highest BCUT2D eigenvalue weighted by atomic mass is 16.3. The molecule has 4 nitrogen and oxygen atoms in total.